The quantitative estimate of drug-likeness (QED) is 0.372. The van der Waals surface area contributed by atoms with Crippen LogP contribution < -0.4 is 15.3 Å². The van der Waals surface area contributed by atoms with Gasteiger partial charge in [0.2, 0.25) is 0 Å². The van der Waals surface area contributed by atoms with E-state index in [1.807, 2.05) is 0 Å². The Bertz CT molecular complexity index is 1270. The predicted octanol–water partition coefficient (Wildman–Crippen LogP) is 2.79. The Morgan fingerprint density at radius 3 is 2.55 bits per heavy atom. The minimum atomic E-state index is -1.41. The molecule has 9 heteroatoms. The third-order valence-corrected chi connectivity index (χ3v) is 5.11. The first-order valence-corrected chi connectivity index (χ1v) is 9.71. The van der Waals surface area contributed by atoms with Crippen LogP contribution in [0.3, 0.4) is 0 Å². The average molecular weight is 452 g/mol. The first-order valence-electron chi connectivity index (χ1n) is 8.93. The summed E-state index contributed by atoms with van der Waals surface area (Å²) < 4.78 is 5.70. The number of benzene rings is 2. The van der Waals surface area contributed by atoms with Crippen molar-refractivity contribution in [2.24, 2.45) is 0 Å². The number of hydrogen-bond donors (Lipinski definition) is 1. The van der Waals surface area contributed by atoms with Gasteiger partial charge in [-0.05, 0) is 60.8 Å². The fourth-order valence-corrected chi connectivity index (χ4v) is 3.51. The maximum Gasteiger partial charge on any atom is 0.270 e. The molecule has 1 fully saturated rings. The summed E-state index contributed by atoms with van der Waals surface area (Å²) in [5.74, 6) is -2.11. The molecule has 0 saturated carbocycles. The molecular weight excluding hydrogens is 440 g/mol. The maximum absolute atomic E-state index is 13.0. The molecule has 0 aliphatic carbocycles. The summed E-state index contributed by atoms with van der Waals surface area (Å²) in [4.78, 5) is 37.8. The minimum absolute atomic E-state index is 0.0190. The Balaban J connectivity index is 1.67. The lowest BCUT2D eigenvalue weighted by Gasteiger charge is -2.28. The van der Waals surface area contributed by atoms with Crippen LogP contribution in [-0.4, -0.2) is 22.9 Å². The number of carboxylic acid groups (broad SMARTS) is 1. The predicted molar refractivity (Wildman–Crippen MR) is 116 cm³/mol. The topological polar surface area (TPSA) is 103 Å². The van der Waals surface area contributed by atoms with Crippen LogP contribution in [0.15, 0.2) is 70.7 Å². The summed E-state index contributed by atoms with van der Waals surface area (Å²) in [5, 5.41) is 13.7. The smallest absolute Gasteiger partial charge is 0.270 e. The summed E-state index contributed by atoms with van der Waals surface area (Å²) in [6.45, 7) is 0. The monoisotopic (exact) mass is 451 g/mol. The van der Waals surface area contributed by atoms with Crippen LogP contribution in [0.25, 0.3) is 17.4 Å². The van der Waals surface area contributed by atoms with Crippen LogP contribution in [0.1, 0.15) is 16.1 Å². The molecule has 4 rings (SSSR count). The van der Waals surface area contributed by atoms with E-state index in [1.54, 1.807) is 48.5 Å². The largest absolute Gasteiger partial charge is 0.545 e. The molecular formula is C22H12ClN2O5S-. The second kappa shape index (κ2) is 8.17. The van der Waals surface area contributed by atoms with E-state index >= 15 is 0 Å². The third-order valence-electron chi connectivity index (χ3n) is 4.50. The molecule has 3 aromatic rings. The zero-order valence-electron chi connectivity index (χ0n) is 15.6. The molecule has 1 N–H and O–H groups in total. The zero-order chi connectivity index (χ0) is 22.1. The lowest BCUT2D eigenvalue weighted by Crippen LogP contribution is -2.54. The van der Waals surface area contributed by atoms with Gasteiger partial charge in [-0.3, -0.25) is 19.8 Å². The van der Waals surface area contributed by atoms with Crippen molar-refractivity contribution in [3.63, 3.8) is 0 Å². The van der Waals surface area contributed by atoms with Crippen LogP contribution >= 0.6 is 23.8 Å². The first kappa shape index (κ1) is 20.5. The summed E-state index contributed by atoms with van der Waals surface area (Å²) in [6.07, 6.45) is 1.30. The molecule has 1 aliphatic rings. The number of rotatable bonds is 4. The number of aromatic carboxylic acids is 1. The molecule has 2 aromatic carbocycles. The highest BCUT2D eigenvalue weighted by Gasteiger charge is 2.34. The van der Waals surface area contributed by atoms with E-state index in [0.29, 0.717) is 17.0 Å². The van der Waals surface area contributed by atoms with Crippen LogP contribution in [0.5, 0.6) is 0 Å². The summed E-state index contributed by atoms with van der Waals surface area (Å²) >= 11 is 11.0. The normalized spacial score (nSPS) is 15.3. The number of amides is 2. The highest BCUT2D eigenvalue weighted by Crippen LogP contribution is 2.28. The lowest BCUT2D eigenvalue weighted by atomic mass is 10.1. The number of anilines is 1. The highest BCUT2D eigenvalue weighted by atomic mass is 35.5. The Morgan fingerprint density at radius 1 is 1.10 bits per heavy atom. The van der Waals surface area contributed by atoms with Crippen molar-refractivity contribution in [1.29, 1.82) is 0 Å². The van der Waals surface area contributed by atoms with E-state index in [4.69, 9.17) is 28.2 Å². The summed E-state index contributed by atoms with van der Waals surface area (Å²) in [6, 6.07) is 16.1. The molecule has 2 heterocycles. The number of hydrogen-bond acceptors (Lipinski definition) is 6. The van der Waals surface area contributed by atoms with Crippen molar-refractivity contribution in [3.05, 3.63) is 82.6 Å². The number of para-hydroxylation sites is 1. The van der Waals surface area contributed by atoms with Crippen molar-refractivity contribution in [2.45, 2.75) is 0 Å². The number of carbonyl (C=O) groups is 3. The van der Waals surface area contributed by atoms with Crippen LogP contribution in [0.4, 0.5) is 5.69 Å². The van der Waals surface area contributed by atoms with E-state index in [2.05, 4.69) is 5.32 Å². The van der Waals surface area contributed by atoms with Gasteiger partial charge >= 0.3 is 0 Å². The summed E-state index contributed by atoms with van der Waals surface area (Å²) in [7, 11) is 0. The fraction of sp³-hybridized carbons (Fsp3) is 0. The Hall–Kier alpha value is -3.75. The van der Waals surface area contributed by atoms with E-state index in [1.165, 1.54) is 23.1 Å². The number of carboxylic acids is 1. The van der Waals surface area contributed by atoms with E-state index in [9.17, 15) is 19.5 Å². The molecule has 7 nitrogen and oxygen atoms in total. The van der Waals surface area contributed by atoms with Gasteiger partial charge in [-0.25, -0.2) is 0 Å². The van der Waals surface area contributed by atoms with Crippen molar-refractivity contribution in [2.75, 3.05) is 4.90 Å². The van der Waals surface area contributed by atoms with E-state index in [-0.39, 0.29) is 27.0 Å². The molecule has 0 bridgehead atoms. The van der Waals surface area contributed by atoms with Crippen LogP contribution in [-0.2, 0) is 9.59 Å². The van der Waals surface area contributed by atoms with Gasteiger partial charge in [0.05, 0.1) is 11.7 Å². The highest BCUT2D eigenvalue weighted by molar-refractivity contribution is 7.80. The Kier molecular flexibility index (Phi) is 5.41. The molecule has 0 unspecified atom stereocenters. The van der Waals surface area contributed by atoms with Gasteiger partial charge in [0, 0.05) is 16.1 Å². The molecule has 154 valence electrons. The molecule has 1 aliphatic heterocycles. The average Bonchev–Trinajstić information content (AvgIpc) is 3.20. The van der Waals surface area contributed by atoms with Crippen molar-refractivity contribution < 1.29 is 23.9 Å². The van der Waals surface area contributed by atoms with Gasteiger partial charge < -0.3 is 14.3 Å². The van der Waals surface area contributed by atoms with Gasteiger partial charge in [-0.2, -0.15) is 0 Å². The Labute approximate surface area is 186 Å². The molecule has 1 aromatic heterocycles. The number of nitrogens with one attached hydrogen (secondary N) is 1. The van der Waals surface area contributed by atoms with Crippen molar-refractivity contribution >= 4 is 58.5 Å². The maximum atomic E-state index is 13.0. The van der Waals surface area contributed by atoms with Gasteiger partial charge in [0.15, 0.2) is 5.11 Å². The number of thiocarbonyl (C=S) groups is 1. The molecule has 31 heavy (non-hydrogen) atoms. The van der Waals surface area contributed by atoms with Crippen molar-refractivity contribution in [3.8, 4) is 11.3 Å². The fourth-order valence-electron chi connectivity index (χ4n) is 3.03. The second-order valence-electron chi connectivity index (χ2n) is 6.48. The standard InChI is InChI=1S/C22H13ClN2O5S/c23-17-8-6-12(10-15(17)21(28)29)18-9-7-14(30-18)11-16-19(26)24-22(31)25(20(16)27)13-4-2-1-3-5-13/h1-11H,(H,28,29)(H,24,26,31)/p-1/b16-11-. The molecule has 0 radical (unpaired) electrons. The number of carbonyl (C=O) groups excluding carboxylic acids is 3. The van der Waals surface area contributed by atoms with Crippen LogP contribution in [0.2, 0.25) is 5.02 Å². The van der Waals surface area contributed by atoms with Gasteiger partial charge in [-0.15, -0.1) is 0 Å². The van der Waals surface area contributed by atoms with Gasteiger partial charge in [0.1, 0.15) is 17.1 Å². The van der Waals surface area contributed by atoms with Crippen LogP contribution in [0, 0.1) is 0 Å². The van der Waals surface area contributed by atoms with Gasteiger partial charge in [0.25, 0.3) is 11.8 Å². The molecule has 0 atom stereocenters. The van der Waals surface area contributed by atoms with E-state index < -0.39 is 17.8 Å². The molecule has 0 spiro atoms. The first-order chi connectivity index (χ1) is 14.8. The second-order valence-corrected chi connectivity index (χ2v) is 7.27. The molecule has 2 amide bonds. The Morgan fingerprint density at radius 2 is 1.84 bits per heavy atom. The van der Waals surface area contributed by atoms with E-state index in [0.717, 1.165) is 0 Å². The van der Waals surface area contributed by atoms with Gasteiger partial charge in [-0.1, -0.05) is 29.8 Å². The van der Waals surface area contributed by atoms with Crippen molar-refractivity contribution in [1.82, 2.24) is 5.32 Å². The minimum Gasteiger partial charge on any atom is -0.545 e. The third kappa shape index (κ3) is 3.98. The zero-order valence-corrected chi connectivity index (χ0v) is 17.2. The lowest BCUT2D eigenvalue weighted by molar-refractivity contribution is -0.255. The number of halogens is 1. The number of furan rings is 1. The number of nitrogens with zero attached hydrogens (tertiary/aromatic N) is 1. The SMILES string of the molecule is O=C1NC(=S)N(c2ccccc2)C(=O)/C1=C\c1ccc(-c2ccc(Cl)c(C(=O)[O-])c2)o1. The summed E-state index contributed by atoms with van der Waals surface area (Å²) in [5.41, 5.74) is 0.619. The molecule has 1 saturated heterocycles.